The molecule has 10 rings (SSSR count). The van der Waals surface area contributed by atoms with E-state index in [9.17, 15) is 0 Å². The molecule has 6 heterocycles. The first-order chi connectivity index (χ1) is 23.9. The van der Waals surface area contributed by atoms with Crippen molar-refractivity contribution in [2.75, 3.05) is 31.1 Å². The van der Waals surface area contributed by atoms with Gasteiger partial charge in [0, 0.05) is 56.2 Å². The van der Waals surface area contributed by atoms with E-state index in [1.165, 1.54) is 41.5 Å². The van der Waals surface area contributed by atoms with Crippen molar-refractivity contribution in [3.63, 3.8) is 0 Å². The van der Waals surface area contributed by atoms with Crippen molar-refractivity contribution in [1.82, 2.24) is 34.1 Å². The Morgan fingerprint density at radius 2 is 1.17 bits per heavy atom. The van der Waals surface area contributed by atoms with E-state index in [0.29, 0.717) is 10.6 Å². The highest BCUT2D eigenvalue weighted by atomic mass is 127. The minimum Gasteiger partial charge on any atom is -0.355 e. The number of nitrogens with one attached hydrogen (secondary N) is 1. The molecule has 4 aromatic heterocycles. The van der Waals surface area contributed by atoms with Crippen molar-refractivity contribution < 1.29 is 0 Å². The summed E-state index contributed by atoms with van der Waals surface area (Å²) in [4.78, 5) is 19.1. The van der Waals surface area contributed by atoms with Gasteiger partial charge in [-0.05, 0) is 84.7 Å². The number of piperidine rings is 2. The number of hydrogen-bond donors (Lipinski definition) is 3. The molecule has 6 aromatic rings. The van der Waals surface area contributed by atoms with E-state index in [1.54, 1.807) is 24.8 Å². The highest BCUT2D eigenvalue weighted by Gasteiger charge is 2.46. The zero-order valence-electron chi connectivity index (χ0n) is 28.9. The van der Waals surface area contributed by atoms with Crippen molar-refractivity contribution >= 4 is 77.5 Å². The standard InChI is InChI=1S/C19H21N5.C13H18N2.C6H4ClN3.2ClH.HI/c20-18-15-4-2-1-3-14(15)11-19(18)5-8-23(9-6-19)17-13-24-10-7-21-16(24)12-22-17;14-12-11-4-2-1-3-10(11)9-13(12)5-7-15-8-6-13;7-5-4-10-2-1-8-6(10)3-9-5;;;/h1-4,7,10,12-13,18H,5-6,8-9,11,20H2;1-4,12,15H,5-9,14H2;1-4H;3*1H/t18-;12-;;;;/m11..../s1. The molecule has 2 aliphatic heterocycles. The molecular formula is C38H46Cl3IN10. The molecule has 4 aliphatic rings. The summed E-state index contributed by atoms with van der Waals surface area (Å²) >= 11 is 5.62. The number of imidazole rings is 2. The molecule has 0 amide bonds. The normalized spacial score (nSPS) is 20.3. The monoisotopic (exact) mass is 874 g/mol. The fraction of sp³-hybridized carbons (Fsp3) is 0.368. The third kappa shape index (κ3) is 7.77. The Morgan fingerprint density at radius 1 is 0.673 bits per heavy atom. The number of halogens is 4. The highest BCUT2D eigenvalue weighted by Crippen LogP contribution is 2.51. The summed E-state index contributed by atoms with van der Waals surface area (Å²) in [6, 6.07) is 17.8. The molecule has 2 fully saturated rings. The van der Waals surface area contributed by atoms with E-state index >= 15 is 0 Å². The van der Waals surface area contributed by atoms with E-state index in [-0.39, 0.29) is 66.3 Å². The lowest BCUT2D eigenvalue weighted by Gasteiger charge is -2.42. The minimum absolute atomic E-state index is 0. The number of hydrogen-bond acceptors (Lipinski definition) is 8. The maximum atomic E-state index is 6.65. The number of fused-ring (bicyclic) bond motifs is 4. The van der Waals surface area contributed by atoms with E-state index in [4.69, 9.17) is 23.1 Å². The second-order valence-electron chi connectivity index (χ2n) is 14.0. The largest absolute Gasteiger partial charge is 0.355 e. The number of rotatable bonds is 1. The van der Waals surface area contributed by atoms with Crippen LogP contribution < -0.4 is 21.7 Å². The van der Waals surface area contributed by atoms with Gasteiger partial charge in [-0.2, -0.15) is 0 Å². The van der Waals surface area contributed by atoms with Crippen LogP contribution in [0.25, 0.3) is 11.3 Å². The summed E-state index contributed by atoms with van der Waals surface area (Å²) in [5.41, 5.74) is 21.0. The molecule has 0 saturated carbocycles. The molecule has 0 radical (unpaired) electrons. The van der Waals surface area contributed by atoms with Crippen LogP contribution in [-0.2, 0) is 12.8 Å². The van der Waals surface area contributed by atoms with Crippen LogP contribution in [-0.4, -0.2) is 54.9 Å². The number of anilines is 1. The Morgan fingerprint density at radius 3 is 1.73 bits per heavy atom. The van der Waals surface area contributed by atoms with E-state index in [2.05, 4.69) is 84.9 Å². The number of aromatic nitrogens is 6. The average molecular weight is 876 g/mol. The Kier molecular flexibility index (Phi) is 13.1. The molecule has 2 spiro atoms. The van der Waals surface area contributed by atoms with Crippen LogP contribution in [0.15, 0.2) is 98.1 Å². The molecule has 0 bridgehead atoms. The van der Waals surface area contributed by atoms with E-state index < -0.39 is 0 Å². The van der Waals surface area contributed by atoms with Crippen LogP contribution in [0.1, 0.15) is 60.0 Å². The molecule has 14 heteroatoms. The van der Waals surface area contributed by atoms with Crippen molar-refractivity contribution in [2.45, 2.75) is 50.6 Å². The van der Waals surface area contributed by atoms with Gasteiger partial charge in [0.15, 0.2) is 11.3 Å². The lowest BCUT2D eigenvalue weighted by Crippen LogP contribution is -2.44. The minimum atomic E-state index is 0. The Balaban J connectivity index is 0.000000161. The van der Waals surface area contributed by atoms with Crippen LogP contribution in [0.3, 0.4) is 0 Å². The van der Waals surface area contributed by atoms with Gasteiger partial charge < -0.3 is 30.5 Å². The second kappa shape index (κ2) is 17.0. The van der Waals surface area contributed by atoms with Crippen LogP contribution in [0.4, 0.5) is 5.82 Å². The van der Waals surface area contributed by atoms with Gasteiger partial charge >= 0.3 is 0 Å². The zero-order valence-corrected chi connectivity index (χ0v) is 33.6. The van der Waals surface area contributed by atoms with E-state index in [1.807, 2.05) is 27.4 Å². The topological polar surface area (TPSA) is 128 Å². The van der Waals surface area contributed by atoms with Gasteiger partial charge in [0.05, 0.1) is 18.6 Å². The maximum Gasteiger partial charge on any atom is 0.155 e. The number of nitrogens with zero attached hydrogens (tertiary/aromatic N) is 7. The number of nitrogens with two attached hydrogens (primary N) is 2. The lowest BCUT2D eigenvalue weighted by molar-refractivity contribution is 0.174. The molecule has 0 unspecified atom stereocenters. The van der Waals surface area contributed by atoms with Gasteiger partial charge in [-0.15, -0.1) is 48.8 Å². The van der Waals surface area contributed by atoms with Crippen molar-refractivity contribution in [1.29, 1.82) is 0 Å². The number of benzene rings is 2. The molecule has 276 valence electrons. The summed E-state index contributed by atoms with van der Waals surface area (Å²) in [5.74, 6) is 1.03. The van der Waals surface area contributed by atoms with Gasteiger partial charge in [-0.25, -0.2) is 19.9 Å². The maximum absolute atomic E-state index is 6.65. The Hall–Kier alpha value is -3.04. The summed E-state index contributed by atoms with van der Waals surface area (Å²) in [5, 5.41) is 3.90. The van der Waals surface area contributed by atoms with Crippen LogP contribution >= 0.6 is 60.4 Å². The predicted octanol–water partition coefficient (Wildman–Crippen LogP) is 7.03. The SMILES string of the molecule is Cl.Cl.Clc1cn2ccnc2cn1.I.N[C@@H]1c2ccccc2CC12CCN(c1cn3ccnc3cn1)CC2.N[C@@H]1c2ccccc2CC12CCNCC2. The average Bonchev–Trinajstić information content (AvgIpc) is 3.92. The molecule has 2 saturated heterocycles. The summed E-state index contributed by atoms with van der Waals surface area (Å²) in [6.07, 6.45) is 21.5. The summed E-state index contributed by atoms with van der Waals surface area (Å²) in [6.45, 7) is 4.27. The third-order valence-corrected chi connectivity index (χ3v) is 11.6. The van der Waals surface area contributed by atoms with Gasteiger partial charge in [-0.3, -0.25) is 0 Å². The summed E-state index contributed by atoms with van der Waals surface area (Å²) < 4.78 is 3.85. The van der Waals surface area contributed by atoms with Crippen molar-refractivity contribution in [2.24, 2.45) is 22.3 Å². The predicted molar refractivity (Wildman–Crippen MR) is 223 cm³/mol. The first kappa shape index (κ1) is 40.2. The van der Waals surface area contributed by atoms with E-state index in [0.717, 1.165) is 62.6 Å². The third-order valence-electron chi connectivity index (χ3n) is 11.4. The first-order valence-corrected chi connectivity index (χ1v) is 17.7. The van der Waals surface area contributed by atoms with Gasteiger partial charge in [0.1, 0.15) is 11.0 Å². The molecule has 5 N–H and O–H groups in total. The zero-order chi connectivity index (χ0) is 33.4. The van der Waals surface area contributed by atoms with Crippen LogP contribution in [0.2, 0.25) is 5.15 Å². The Labute approximate surface area is 339 Å². The fourth-order valence-electron chi connectivity index (χ4n) is 8.50. The van der Waals surface area contributed by atoms with Crippen molar-refractivity contribution in [3.8, 4) is 0 Å². The second-order valence-corrected chi connectivity index (χ2v) is 14.4. The molecular weight excluding hydrogens is 830 g/mol. The molecule has 2 aliphatic carbocycles. The Bertz CT molecular complexity index is 2070. The molecule has 52 heavy (non-hydrogen) atoms. The lowest BCUT2D eigenvalue weighted by atomic mass is 9.73. The smallest absolute Gasteiger partial charge is 0.155 e. The van der Waals surface area contributed by atoms with Crippen LogP contribution in [0.5, 0.6) is 0 Å². The van der Waals surface area contributed by atoms with Gasteiger partial charge in [0.2, 0.25) is 0 Å². The quantitative estimate of drug-likeness (QED) is 0.151. The van der Waals surface area contributed by atoms with Gasteiger partial charge in [0.25, 0.3) is 0 Å². The van der Waals surface area contributed by atoms with Gasteiger partial charge in [-0.1, -0.05) is 60.1 Å². The first-order valence-electron chi connectivity index (χ1n) is 17.3. The molecule has 2 aromatic carbocycles. The fourth-order valence-corrected chi connectivity index (χ4v) is 8.65. The van der Waals surface area contributed by atoms with Crippen LogP contribution in [0, 0.1) is 10.8 Å². The van der Waals surface area contributed by atoms with Crippen molar-refractivity contribution in [3.05, 3.63) is 126 Å². The molecule has 10 nitrogen and oxygen atoms in total. The highest BCUT2D eigenvalue weighted by molar-refractivity contribution is 14.0. The summed E-state index contributed by atoms with van der Waals surface area (Å²) in [7, 11) is 0. The molecule has 2 atom stereocenters.